The zero-order valence-electron chi connectivity index (χ0n) is 32.7. The molecule has 0 aliphatic carbocycles. The summed E-state index contributed by atoms with van der Waals surface area (Å²) in [6, 6.07) is 8.85. The number of carbonyl (C=O) groups excluding carboxylic acids is 4. The van der Waals surface area contributed by atoms with Crippen molar-refractivity contribution in [2.24, 2.45) is 9.98 Å². The van der Waals surface area contributed by atoms with E-state index in [0.29, 0.717) is 18.1 Å². The highest BCUT2D eigenvalue weighted by Gasteiger charge is 2.20. The molecule has 11 heteroatoms. The second kappa shape index (κ2) is 30.4. The van der Waals surface area contributed by atoms with E-state index < -0.39 is 18.1 Å². The molecule has 0 radical (unpaired) electrons. The molecule has 0 heterocycles. The predicted octanol–water partition coefficient (Wildman–Crippen LogP) is 9.60. The molecule has 0 saturated carbocycles. The average molecular weight is 743 g/mol. The molecule has 0 N–H and O–H groups in total. The number of isocyanates is 2. The fraction of sp³-hybridized carbons (Fsp3) is 0.581. The number of nitriles is 2. The highest BCUT2D eigenvalue weighted by Crippen LogP contribution is 2.22. The van der Waals surface area contributed by atoms with E-state index in [1.807, 2.05) is 19.9 Å². The Balaban J connectivity index is 0.000000675. The van der Waals surface area contributed by atoms with Crippen molar-refractivity contribution in [3.8, 4) is 24.0 Å². The average Bonchev–Trinajstić information content (AvgIpc) is 3.15. The summed E-state index contributed by atoms with van der Waals surface area (Å²) >= 11 is 0. The Morgan fingerprint density at radius 3 is 1.41 bits per heavy atom. The quantitative estimate of drug-likeness (QED) is 0.0284. The monoisotopic (exact) mass is 742 g/mol. The summed E-state index contributed by atoms with van der Waals surface area (Å²) in [6.45, 7) is 7.60. The van der Waals surface area contributed by atoms with Gasteiger partial charge < -0.3 is 14.2 Å². The second-order valence-electron chi connectivity index (χ2n) is 13.5. The van der Waals surface area contributed by atoms with Crippen LogP contribution in [0.2, 0.25) is 0 Å². The number of ketones is 1. The minimum Gasteiger partial charge on any atom is -0.464 e. The summed E-state index contributed by atoms with van der Waals surface area (Å²) in [7, 11) is 0. The lowest BCUT2D eigenvalue weighted by Gasteiger charge is -2.12. The fourth-order valence-electron chi connectivity index (χ4n) is 5.82. The SMILES string of the molecule is CC(=O)C(Cc1ccc(C)c(OC#N)c1)N=C=O.CCCCCCCCCCCCCCCCCCOC(=O)C(Cc1ccc(C)c(OC#N)c1)N=C=O. The van der Waals surface area contributed by atoms with Crippen LogP contribution in [0.3, 0.4) is 0 Å². The molecule has 0 bridgehead atoms. The minimum atomic E-state index is -0.943. The molecule has 0 fully saturated rings. The molecule has 0 spiro atoms. The normalized spacial score (nSPS) is 11.2. The van der Waals surface area contributed by atoms with E-state index in [1.54, 1.807) is 42.8 Å². The van der Waals surface area contributed by atoms with Crippen molar-refractivity contribution in [3.05, 3.63) is 58.7 Å². The zero-order chi connectivity index (χ0) is 39.8. The van der Waals surface area contributed by atoms with Crippen molar-refractivity contribution in [2.75, 3.05) is 6.61 Å². The summed E-state index contributed by atoms with van der Waals surface area (Å²) in [5.74, 6) is 0.127. The van der Waals surface area contributed by atoms with E-state index in [4.69, 9.17) is 24.7 Å². The van der Waals surface area contributed by atoms with E-state index in [1.165, 1.54) is 103 Å². The molecule has 0 amide bonds. The molecular weight excluding hydrogens is 684 g/mol. The molecule has 0 aromatic heterocycles. The van der Waals surface area contributed by atoms with Crippen LogP contribution in [0.5, 0.6) is 11.5 Å². The largest absolute Gasteiger partial charge is 0.464 e. The second-order valence-corrected chi connectivity index (χ2v) is 13.5. The Bertz CT molecular complexity index is 1580. The molecule has 0 saturated heterocycles. The van der Waals surface area contributed by atoms with Gasteiger partial charge in [0.1, 0.15) is 17.5 Å². The van der Waals surface area contributed by atoms with Crippen LogP contribution in [-0.2, 0) is 36.8 Å². The zero-order valence-corrected chi connectivity index (χ0v) is 32.7. The van der Waals surface area contributed by atoms with Crippen molar-refractivity contribution in [2.45, 2.75) is 155 Å². The number of nitrogens with zero attached hydrogens (tertiary/aromatic N) is 4. The molecule has 2 unspecified atom stereocenters. The van der Waals surface area contributed by atoms with Gasteiger partial charge in [0.15, 0.2) is 11.8 Å². The van der Waals surface area contributed by atoms with E-state index in [-0.39, 0.29) is 18.6 Å². The number of Topliss-reactive ketones (excluding diaryl/α,β-unsaturated/α-hetero) is 1. The third kappa shape index (κ3) is 21.4. The van der Waals surface area contributed by atoms with Gasteiger partial charge in [-0.2, -0.15) is 9.98 Å². The summed E-state index contributed by atoms with van der Waals surface area (Å²) in [5.41, 5.74) is 3.12. The smallest absolute Gasteiger partial charge is 0.332 e. The molecule has 2 aromatic carbocycles. The summed E-state index contributed by atoms with van der Waals surface area (Å²) in [4.78, 5) is 51.8. The first-order valence-electron chi connectivity index (χ1n) is 19.3. The van der Waals surface area contributed by atoms with Crippen LogP contribution in [0.4, 0.5) is 0 Å². The van der Waals surface area contributed by atoms with E-state index in [2.05, 4.69) is 16.9 Å². The summed E-state index contributed by atoms with van der Waals surface area (Å²) < 4.78 is 15.1. The van der Waals surface area contributed by atoms with Crippen molar-refractivity contribution in [1.29, 1.82) is 10.5 Å². The number of hydrogen-bond acceptors (Lipinski definition) is 11. The molecule has 292 valence electrons. The van der Waals surface area contributed by atoms with Crippen molar-refractivity contribution >= 4 is 23.9 Å². The third-order valence-electron chi connectivity index (χ3n) is 9.08. The van der Waals surface area contributed by atoms with Crippen molar-refractivity contribution in [1.82, 2.24) is 0 Å². The van der Waals surface area contributed by atoms with Gasteiger partial charge >= 0.3 is 5.97 Å². The molecule has 0 aliphatic rings. The number of esters is 1. The van der Waals surface area contributed by atoms with Crippen LogP contribution in [-0.4, -0.2) is 42.6 Å². The van der Waals surface area contributed by atoms with E-state index >= 15 is 0 Å². The Morgan fingerprint density at radius 1 is 0.630 bits per heavy atom. The van der Waals surface area contributed by atoms with Crippen LogP contribution in [0.15, 0.2) is 46.4 Å². The van der Waals surface area contributed by atoms with Crippen molar-refractivity contribution in [3.63, 3.8) is 0 Å². The highest BCUT2D eigenvalue weighted by molar-refractivity contribution is 5.82. The molecule has 11 nitrogen and oxygen atoms in total. The van der Waals surface area contributed by atoms with Gasteiger partial charge in [-0.1, -0.05) is 128 Å². The molecule has 2 aromatic rings. The van der Waals surface area contributed by atoms with Gasteiger partial charge in [0.05, 0.1) is 6.61 Å². The lowest BCUT2D eigenvalue weighted by molar-refractivity contribution is -0.145. The number of hydrogen-bond donors (Lipinski definition) is 0. The molecule has 54 heavy (non-hydrogen) atoms. The summed E-state index contributed by atoms with van der Waals surface area (Å²) in [6.07, 6.45) is 27.2. The van der Waals surface area contributed by atoms with Gasteiger partial charge in [-0.25, -0.2) is 14.4 Å². The van der Waals surface area contributed by atoms with Crippen LogP contribution < -0.4 is 9.47 Å². The van der Waals surface area contributed by atoms with Gasteiger partial charge in [0.25, 0.3) is 12.5 Å². The number of aliphatic imine (C=N–C) groups is 2. The lowest BCUT2D eigenvalue weighted by Crippen LogP contribution is -2.24. The first kappa shape index (κ1) is 46.9. The number of unbranched alkanes of at least 4 members (excludes halogenated alkanes) is 15. The van der Waals surface area contributed by atoms with Crippen LogP contribution in [0, 0.1) is 36.9 Å². The Hall–Kier alpha value is -5.08. The van der Waals surface area contributed by atoms with Gasteiger partial charge in [0, 0.05) is 12.8 Å². The van der Waals surface area contributed by atoms with Crippen LogP contribution in [0.25, 0.3) is 0 Å². The van der Waals surface area contributed by atoms with E-state index in [0.717, 1.165) is 41.5 Å². The highest BCUT2D eigenvalue weighted by atomic mass is 16.5. The first-order valence-corrected chi connectivity index (χ1v) is 19.3. The molecule has 2 atom stereocenters. The van der Waals surface area contributed by atoms with Gasteiger partial charge in [-0.05, 0) is 61.6 Å². The predicted molar refractivity (Wildman–Crippen MR) is 207 cm³/mol. The standard InChI is InChI=1S/C30H46N2O4.C13H12N2O3/c1-3-4-5-6-7-8-9-10-11-12-13-14-15-16-17-18-21-35-30(34)28(32-25-33)22-27-20-19-26(2)29(23-27)36-24-31;1-9-3-4-11(6-13(9)18-7-14)5-12(10(2)17)15-8-16/h19-20,23,28H,3-18,21-22H2,1-2H3;3-4,6,12H,5H2,1-2H3. The maximum atomic E-state index is 12.4. The Morgan fingerprint density at radius 2 is 1.02 bits per heavy atom. The first-order chi connectivity index (χ1) is 26.2. The van der Waals surface area contributed by atoms with Crippen molar-refractivity contribution < 1.29 is 33.4 Å². The number of aryl methyl sites for hydroxylation is 2. The number of ether oxygens (including phenoxy) is 3. The lowest BCUT2D eigenvalue weighted by atomic mass is 10.0. The maximum Gasteiger partial charge on any atom is 0.332 e. The number of carbonyl (C=O) groups is 2. The molecular formula is C43H58N4O7. The fourth-order valence-corrected chi connectivity index (χ4v) is 5.82. The van der Waals surface area contributed by atoms with Crippen LogP contribution >= 0.6 is 0 Å². The molecule has 2 rings (SSSR count). The maximum absolute atomic E-state index is 12.4. The van der Waals surface area contributed by atoms with Gasteiger partial charge in [0.2, 0.25) is 12.2 Å². The number of benzene rings is 2. The topological polar surface area (TPSA) is 168 Å². The van der Waals surface area contributed by atoms with E-state index in [9.17, 15) is 19.2 Å². The number of rotatable bonds is 27. The summed E-state index contributed by atoms with van der Waals surface area (Å²) in [5, 5.41) is 17.2. The molecule has 0 aliphatic heterocycles. The minimum absolute atomic E-state index is 0.190. The Labute approximate surface area is 321 Å². The van der Waals surface area contributed by atoms with Gasteiger partial charge in [-0.15, -0.1) is 10.5 Å². The van der Waals surface area contributed by atoms with Crippen LogP contribution in [0.1, 0.15) is 139 Å². The van der Waals surface area contributed by atoms with Gasteiger partial charge in [-0.3, -0.25) is 4.79 Å². The Kier molecular flexibility index (Phi) is 26.4. The third-order valence-corrected chi connectivity index (χ3v) is 9.08.